The number of imidazole rings is 1. The molecule has 90 valence electrons. The summed E-state index contributed by atoms with van der Waals surface area (Å²) in [4.78, 5) is 4.27. The Morgan fingerprint density at radius 1 is 1.29 bits per heavy atom. The van der Waals surface area contributed by atoms with Gasteiger partial charge >= 0.3 is 0 Å². The molecule has 0 saturated carbocycles. The summed E-state index contributed by atoms with van der Waals surface area (Å²) in [5, 5.41) is 0.823. The fourth-order valence-electron chi connectivity index (χ4n) is 1.95. The van der Waals surface area contributed by atoms with Crippen molar-refractivity contribution in [3.63, 3.8) is 0 Å². The van der Waals surface area contributed by atoms with E-state index in [1.165, 1.54) is 11.3 Å². The second kappa shape index (κ2) is 5.34. The van der Waals surface area contributed by atoms with Gasteiger partial charge in [0, 0.05) is 24.3 Å². The molecule has 0 radical (unpaired) electrons. The lowest BCUT2D eigenvalue weighted by Crippen LogP contribution is -2.05. The summed E-state index contributed by atoms with van der Waals surface area (Å²) >= 11 is 6.13. The number of hydrogen-bond acceptors (Lipinski definition) is 2. The standard InChI is InChI=1S/C13H16ClN3/c1-17-9-16-12(8-15)13(17)7-6-10-4-2-3-5-11(10)14/h2-5,9H,6-8,15H2,1H3. The molecule has 0 spiro atoms. The molecule has 0 saturated heterocycles. The maximum atomic E-state index is 6.13. The number of nitrogens with zero attached hydrogens (tertiary/aromatic N) is 2. The van der Waals surface area contributed by atoms with Crippen LogP contribution in [0.1, 0.15) is 17.0 Å². The second-order valence-corrected chi connectivity index (χ2v) is 4.45. The van der Waals surface area contributed by atoms with Gasteiger partial charge in [-0.1, -0.05) is 29.8 Å². The van der Waals surface area contributed by atoms with Gasteiger partial charge in [-0.25, -0.2) is 4.98 Å². The minimum absolute atomic E-state index is 0.485. The summed E-state index contributed by atoms with van der Waals surface area (Å²) in [5.74, 6) is 0. The maximum Gasteiger partial charge on any atom is 0.0949 e. The normalized spacial score (nSPS) is 10.8. The van der Waals surface area contributed by atoms with E-state index in [0.29, 0.717) is 6.54 Å². The molecule has 0 aliphatic heterocycles. The molecular formula is C13H16ClN3. The molecule has 0 aliphatic rings. The number of halogens is 1. The SMILES string of the molecule is Cn1cnc(CN)c1CCc1ccccc1Cl. The van der Waals surface area contributed by atoms with Gasteiger partial charge in [-0.3, -0.25) is 0 Å². The zero-order valence-corrected chi connectivity index (χ0v) is 10.6. The van der Waals surface area contributed by atoms with Crippen LogP contribution in [0.3, 0.4) is 0 Å². The molecule has 3 nitrogen and oxygen atoms in total. The Kier molecular flexibility index (Phi) is 3.82. The van der Waals surface area contributed by atoms with Gasteiger partial charge in [-0.2, -0.15) is 0 Å². The lowest BCUT2D eigenvalue weighted by atomic mass is 10.1. The van der Waals surface area contributed by atoms with Crippen LogP contribution in [0.25, 0.3) is 0 Å². The summed E-state index contributed by atoms with van der Waals surface area (Å²) in [6.45, 7) is 0.485. The smallest absolute Gasteiger partial charge is 0.0949 e. The first-order valence-electron chi connectivity index (χ1n) is 5.65. The van der Waals surface area contributed by atoms with Gasteiger partial charge in [-0.15, -0.1) is 0 Å². The van der Waals surface area contributed by atoms with E-state index in [2.05, 4.69) is 11.1 Å². The fourth-order valence-corrected chi connectivity index (χ4v) is 2.18. The second-order valence-electron chi connectivity index (χ2n) is 4.04. The molecule has 0 bridgehead atoms. The monoisotopic (exact) mass is 249 g/mol. The minimum atomic E-state index is 0.485. The van der Waals surface area contributed by atoms with E-state index in [9.17, 15) is 0 Å². The lowest BCUT2D eigenvalue weighted by molar-refractivity contribution is 0.785. The van der Waals surface area contributed by atoms with Crippen molar-refractivity contribution in [2.45, 2.75) is 19.4 Å². The van der Waals surface area contributed by atoms with E-state index < -0.39 is 0 Å². The van der Waals surface area contributed by atoms with Gasteiger partial charge in [0.25, 0.3) is 0 Å². The highest BCUT2D eigenvalue weighted by atomic mass is 35.5. The van der Waals surface area contributed by atoms with Crippen LogP contribution in [0, 0.1) is 0 Å². The molecule has 1 heterocycles. The summed E-state index contributed by atoms with van der Waals surface area (Å²) in [6.07, 6.45) is 3.63. The summed E-state index contributed by atoms with van der Waals surface area (Å²) < 4.78 is 2.03. The van der Waals surface area contributed by atoms with Crippen LogP contribution in [-0.4, -0.2) is 9.55 Å². The number of aromatic nitrogens is 2. The highest BCUT2D eigenvalue weighted by Gasteiger charge is 2.08. The minimum Gasteiger partial charge on any atom is -0.337 e. The van der Waals surface area contributed by atoms with Gasteiger partial charge in [-0.05, 0) is 24.5 Å². The lowest BCUT2D eigenvalue weighted by Gasteiger charge is -2.06. The van der Waals surface area contributed by atoms with Gasteiger partial charge in [0.05, 0.1) is 12.0 Å². The first kappa shape index (κ1) is 12.1. The molecule has 2 N–H and O–H groups in total. The molecule has 1 aromatic heterocycles. The van der Waals surface area contributed by atoms with Crippen LogP contribution in [0.4, 0.5) is 0 Å². The van der Waals surface area contributed by atoms with E-state index in [0.717, 1.165) is 23.6 Å². The molecule has 4 heteroatoms. The highest BCUT2D eigenvalue weighted by molar-refractivity contribution is 6.31. The van der Waals surface area contributed by atoms with Crippen LogP contribution >= 0.6 is 11.6 Å². The first-order valence-corrected chi connectivity index (χ1v) is 6.02. The first-order chi connectivity index (χ1) is 8.22. The summed E-state index contributed by atoms with van der Waals surface area (Å²) in [6, 6.07) is 7.93. The zero-order chi connectivity index (χ0) is 12.3. The number of aryl methyl sites for hydroxylation is 2. The third-order valence-corrected chi connectivity index (χ3v) is 3.30. The average molecular weight is 250 g/mol. The van der Waals surface area contributed by atoms with Crippen LogP contribution in [-0.2, 0) is 26.4 Å². The Morgan fingerprint density at radius 3 is 2.76 bits per heavy atom. The Morgan fingerprint density at radius 2 is 2.06 bits per heavy atom. The van der Waals surface area contributed by atoms with Gasteiger partial charge in [0.15, 0.2) is 0 Å². The maximum absolute atomic E-state index is 6.13. The third-order valence-electron chi connectivity index (χ3n) is 2.93. The van der Waals surface area contributed by atoms with E-state index in [4.69, 9.17) is 17.3 Å². The fraction of sp³-hybridized carbons (Fsp3) is 0.308. The average Bonchev–Trinajstić information content (AvgIpc) is 2.69. The van der Waals surface area contributed by atoms with E-state index in [-0.39, 0.29) is 0 Å². The van der Waals surface area contributed by atoms with Crippen molar-refractivity contribution >= 4 is 11.6 Å². The summed E-state index contributed by atoms with van der Waals surface area (Å²) in [5.41, 5.74) is 8.99. The van der Waals surface area contributed by atoms with Crippen molar-refractivity contribution in [2.75, 3.05) is 0 Å². The van der Waals surface area contributed by atoms with Crippen molar-refractivity contribution in [3.8, 4) is 0 Å². The molecule has 1 aromatic carbocycles. The molecule has 0 fully saturated rings. The van der Waals surface area contributed by atoms with Crippen molar-refractivity contribution < 1.29 is 0 Å². The van der Waals surface area contributed by atoms with Gasteiger partial charge in [0.1, 0.15) is 0 Å². The predicted molar refractivity (Wildman–Crippen MR) is 70.0 cm³/mol. The molecule has 0 atom stereocenters. The van der Waals surface area contributed by atoms with E-state index >= 15 is 0 Å². The molecule has 2 aromatic rings. The molecule has 2 rings (SSSR count). The quantitative estimate of drug-likeness (QED) is 0.904. The number of nitrogens with two attached hydrogens (primary N) is 1. The largest absolute Gasteiger partial charge is 0.337 e. The Hall–Kier alpha value is -1.32. The van der Waals surface area contributed by atoms with Crippen LogP contribution in [0.2, 0.25) is 5.02 Å². The number of hydrogen-bond donors (Lipinski definition) is 1. The van der Waals surface area contributed by atoms with Gasteiger partial charge in [0.2, 0.25) is 0 Å². The van der Waals surface area contributed by atoms with E-state index in [1.807, 2.05) is 36.1 Å². The molecular weight excluding hydrogens is 234 g/mol. The third kappa shape index (κ3) is 2.68. The zero-order valence-electron chi connectivity index (χ0n) is 9.86. The number of benzene rings is 1. The number of rotatable bonds is 4. The Balaban J connectivity index is 2.12. The van der Waals surface area contributed by atoms with Gasteiger partial charge < -0.3 is 10.3 Å². The van der Waals surface area contributed by atoms with Crippen molar-refractivity contribution in [2.24, 2.45) is 12.8 Å². The molecule has 0 unspecified atom stereocenters. The molecule has 0 amide bonds. The van der Waals surface area contributed by atoms with Crippen molar-refractivity contribution in [3.05, 3.63) is 52.6 Å². The molecule has 0 aliphatic carbocycles. The topological polar surface area (TPSA) is 43.8 Å². The van der Waals surface area contributed by atoms with Crippen LogP contribution in [0.15, 0.2) is 30.6 Å². The summed E-state index contributed by atoms with van der Waals surface area (Å²) in [7, 11) is 1.99. The highest BCUT2D eigenvalue weighted by Crippen LogP contribution is 2.18. The van der Waals surface area contributed by atoms with Crippen LogP contribution in [0.5, 0.6) is 0 Å². The van der Waals surface area contributed by atoms with Crippen LogP contribution < -0.4 is 5.73 Å². The Bertz CT molecular complexity index is 505. The van der Waals surface area contributed by atoms with Crippen molar-refractivity contribution in [1.82, 2.24) is 9.55 Å². The Labute approximate surface area is 106 Å². The van der Waals surface area contributed by atoms with Crippen molar-refractivity contribution in [1.29, 1.82) is 0 Å². The predicted octanol–water partition coefficient (Wildman–Crippen LogP) is 2.32. The molecule has 17 heavy (non-hydrogen) atoms. The van der Waals surface area contributed by atoms with E-state index in [1.54, 1.807) is 0 Å².